The normalized spacial score (nSPS) is 15.9. The van der Waals surface area contributed by atoms with Crippen molar-refractivity contribution in [2.75, 3.05) is 32.4 Å². The second-order valence-electron chi connectivity index (χ2n) is 9.91. The molecule has 4 N–H and O–H groups in total. The number of halogens is 3. The first-order valence-electron chi connectivity index (χ1n) is 13.2. The summed E-state index contributed by atoms with van der Waals surface area (Å²) in [6.07, 6.45) is -2.99. The predicted octanol–water partition coefficient (Wildman–Crippen LogP) is 2.64. The first-order chi connectivity index (χ1) is 19.0. The van der Waals surface area contributed by atoms with E-state index in [1.54, 1.807) is 28.8 Å². The first-order valence-corrected chi connectivity index (χ1v) is 13.2. The summed E-state index contributed by atoms with van der Waals surface area (Å²) in [4.78, 5) is 43.5. The standard InChI is InChI=1S/C28H33F3N6O3/c1-3-37-26(32)21(14-23(38)33-2)25(40)20-10-11-22(35-27(20)37)18-8-6-17(7-9-18)13-24(39)34-15-19-5-4-12-36(19)16-28(29,30)31/h6-11,19H,3-5,12-16,32H2,1-2H3,(H,33,38)(H,34,39)/t19-/m1/s1. The number of benzene rings is 1. The minimum atomic E-state index is -4.26. The van der Waals surface area contributed by atoms with Gasteiger partial charge in [0.2, 0.25) is 11.8 Å². The molecule has 1 atom stereocenters. The summed E-state index contributed by atoms with van der Waals surface area (Å²) >= 11 is 0. The summed E-state index contributed by atoms with van der Waals surface area (Å²) in [6, 6.07) is 10.3. The van der Waals surface area contributed by atoms with Crippen LogP contribution in [-0.2, 0) is 29.0 Å². The van der Waals surface area contributed by atoms with Gasteiger partial charge in [-0.15, -0.1) is 0 Å². The molecule has 3 aromatic rings. The van der Waals surface area contributed by atoms with Crippen molar-refractivity contribution in [3.8, 4) is 11.3 Å². The maximum Gasteiger partial charge on any atom is 0.401 e. The summed E-state index contributed by atoms with van der Waals surface area (Å²) in [5.74, 6) is -0.370. The van der Waals surface area contributed by atoms with Crippen molar-refractivity contribution in [1.82, 2.24) is 25.1 Å². The van der Waals surface area contributed by atoms with Gasteiger partial charge in [-0.2, -0.15) is 13.2 Å². The van der Waals surface area contributed by atoms with Crippen LogP contribution in [0, 0.1) is 0 Å². The molecule has 214 valence electrons. The molecule has 1 aliphatic heterocycles. The summed E-state index contributed by atoms with van der Waals surface area (Å²) in [6.45, 7) is 1.92. The number of nitrogens with one attached hydrogen (secondary N) is 2. The number of aromatic nitrogens is 2. The fourth-order valence-corrected chi connectivity index (χ4v) is 5.13. The number of nitrogen functional groups attached to an aromatic ring is 1. The van der Waals surface area contributed by atoms with Gasteiger partial charge in [-0.1, -0.05) is 24.3 Å². The van der Waals surface area contributed by atoms with Crippen molar-refractivity contribution < 1.29 is 22.8 Å². The van der Waals surface area contributed by atoms with Crippen LogP contribution < -0.4 is 21.8 Å². The third-order valence-corrected chi connectivity index (χ3v) is 7.21. The predicted molar refractivity (Wildman–Crippen MR) is 147 cm³/mol. The number of rotatable bonds is 9. The number of carbonyl (C=O) groups is 2. The zero-order valence-corrected chi connectivity index (χ0v) is 22.5. The van der Waals surface area contributed by atoms with E-state index in [4.69, 9.17) is 10.7 Å². The van der Waals surface area contributed by atoms with Gasteiger partial charge in [0, 0.05) is 37.3 Å². The van der Waals surface area contributed by atoms with E-state index >= 15 is 0 Å². The fraction of sp³-hybridized carbons (Fsp3) is 0.429. The molecule has 2 aromatic heterocycles. The number of pyridine rings is 2. The van der Waals surface area contributed by atoms with Crippen molar-refractivity contribution in [1.29, 1.82) is 0 Å². The number of carbonyl (C=O) groups excluding carboxylic acids is 2. The lowest BCUT2D eigenvalue weighted by atomic mass is 10.0. The van der Waals surface area contributed by atoms with Crippen molar-refractivity contribution in [3.63, 3.8) is 0 Å². The molecule has 1 fully saturated rings. The second kappa shape index (κ2) is 12.1. The van der Waals surface area contributed by atoms with Gasteiger partial charge in [0.05, 0.1) is 30.5 Å². The number of hydrogen-bond acceptors (Lipinski definition) is 6. The average molecular weight is 559 g/mol. The molecule has 1 saturated heterocycles. The van der Waals surface area contributed by atoms with E-state index in [1.807, 2.05) is 19.1 Å². The minimum Gasteiger partial charge on any atom is -0.385 e. The Morgan fingerprint density at radius 3 is 2.48 bits per heavy atom. The number of nitrogens with zero attached hydrogens (tertiary/aromatic N) is 3. The van der Waals surface area contributed by atoms with Crippen LogP contribution in [0.3, 0.4) is 0 Å². The Labute approximate surface area is 229 Å². The second-order valence-corrected chi connectivity index (χ2v) is 9.91. The van der Waals surface area contributed by atoms with Crippen LogP contribution in [0.1, 0.15) is 30.9 Å². The molecule has 1 aromatic carbocycles. The number of anilines is 1. The van der Waals surface area contributed by atoms with E-state index < -0.39 is 12.7 Å². The molecule has 40 heavy (non-hydrogen) atoms. The Morgan fingerprint density at radius 1 is 1.10 bits per heavy atom. The number of hydrogen-bond donors (Lipinski definition) is 3. The Bertz CT molecular complexity index is 1450. The van der Waals surface area contributed by atoms with Gasteiger partial charge in [-0.3, -0.25) is 19.3 Å². The number of alkyl halides is 3. The molecule has 2 amide bonds. The minimum absolute atomic E-state index is 0.0947. The van der Waals surface area contributed by atoms with Crippen LogP contribution in [0.2, 0.25) is 0 Å². The molecule has 0 radical (unpaired) electrons. The third-order valence-electron chi connectivity index (χ3n) is 7.21. The Morgan fingerprint density at radius 2 is 1.82 bits per heavy atom. The molecule has 0 bridgehead atoms. The van der Waals surface area contributed by atoms with Crippen LogP contribution in [0.25, 0.3) is 22.3 Å². The van der Waals surface area contributed by atoms with Crippen molar-refractivity contribution in [3.05, 3.63) is 57.7 Å². The highest BCUT2D eigenvalue weighted by molar-refractivity contribution is 5.85. The Kier molecular flexibility index (Phi) is 8.77. The summed E-state index contributed by atoms with van der Waals surface area (Å²) in [5.41, 5.74) is 8.70. The third kappa shape index (κ3) is 6.61. The number of nitrogens with two attached hydrogens (primary N) is 1. The van der Waals surface area contributed by atoms with E-state index in [-0.39, 0.29) is 54.1 Å². The highest BCUT2D eigenvalue weighted by Crippen LogP contribution is 2.25. The number of aryl methyl sites for hydroxylation is 1. The summed E-state index contributed by atoms with van der Waals surface area (Å²) in [5, 5.41) is 5.64. The van der Waals surface area contributed by atoms with Gasteiger partial charge in [-0.05, 0) is 44.0 Å². The largest absolute Gasteiger partial charge is 0.401 e. The van der Waals surface area contributed by atoms with Crippen LogP contribution in [0.4, 0.5) is 19.0 Å². The maximum absolute atomic E-state index is 13.1. The molecular formula is C28H33F3N6O3. The van der Waals surface area contributed by atoms with Gasteiger partial charge in [0.25, 0.3) is 0 Å². The SMILES string of the molecule is CCn1c(N)c(CC(=O)NC)c(=O)c2ccc(-c3ccc(CC(=O)NC[C@H]4CCCN4CC(F)(F)F)cc3)nc21. The monoisotopic (exact) mass is 558 g/mol. The average Bonchev–Trinajstić information content (AvgIpc) is 3.35. The van der Waals surface area contributed by atoms with Gasteiger partial charge >= 0.3 is 6.18 Å². The molecule has 0 spiro atoms. The molecule has 0 saturated carbocycles. The summed E-state index contributed by atoms with van der Waals surface area (Å²) in [7, 11) is 1.50. The summed E-state index contributed by atoms with van der Waals surface area (Å²) < 4.78 is 40.0. The zero-order chi connectivity index (χ0) is 29.0. The van der Waals surface area contributed by atoms with Crippen LogP contribution in [0.5, 0.6) is 0 Å². The first kappa shape index (κ1) is 29.1. The van der Waals surface area contributed by atoms with E-state index in [9.17, 15) is 27.6 Å². The fourth-order valence-electron chi connectivity index (χ4n) is 5.13. The molecule has 4 rings (SSSR count). The lowest BCUT2D eigenvalue weighted by molar-refractivity contribution is -0.147. The number of amides is 2. The molecule has 12 heteroatoms. The van der Waals surface area contributed by atoms with Crippen molar-refractivity contribution in [2.24, 2.45) is 0 Å². The smallest absolute Gasteiger partial charge is 0.385 e. The van der Waals surface area contributed by atoms with E-state index in [0.29, 0.717) is 42.7 Å². The maximum atomic E-state index is 13.1. The topological polar surface area (TPSA) is 122 Å². The zero-order valence-electron chi connectivity index (χ0n) is 22.5. The van der Waals surface area contributed by atoms with Crippen LogP contribution in [-0.4, -0.2) is 65.2 Å². The number of likely N-dealkylation sites (N-methyl/N-ethyl adjacent to an activating group) is 1. The molecule has 9 nitrogen and oxygen atoms in total. The Balaban J connectivity index is 1.46. The Hall–Kier alpha value is -3.93. The van der Waals surface area contributed by atoms with Gasteiger partial charge in [-0.25, -0.2) is 4.98 Å². The van der Waals surface area contributed by atoms with Crippen molar-refractivity contribution in [2.45, 2.75) is 51.4 Å². The van der Waals surface area contributed by atoms with E-state index in [2.05, 4.69) is 10.6 Å². The van der Waals surface area contributed by atoms with E-state index in [0.717, 1.165) is 11.1 Å². The quantitative estimate of drug-likeness (QED) is 0.371. The molecule has 3 heterocycles. The van der Waals surface area contributed by atoms with Crippen LogP contribution in [0.15, 0.2) is 41.2 Å². The van der Waals surface area contributed by atoms with E-state index in [1.165, 1.54) is 11.9 Å². The number of fused-ring (bicyclic) bond motifs is 1. The van der Waals surface area contributed by atoms with Crippen LogP contribution >= 0.6 is 0 Å². The lowest BCUT2D eigenvalue weighted by Crippen LogP contribution is -2.44. The molecular weight excluding hydrogens is 525 g/mol. The lowest BCUT2D eigenvalue weighted by Gasteiger charge is -2.25. The molecule has 1 aliphatic rings. The highest BCUT2D eigenvalue weighted by atomic mass is 19.4. The van der Waals surface area contributed by atoms with Crippen molar-refractivity contribution >= 4 is 28.7 Å². The molecule has 0 aliphatic carbocycles. The highest BCUT2D eigenvalue weighted by Gasteiger charge is 2.36. The number of likely N-dealkylation sites (tertiary alicyclic amines) is 1. The van der Waals surface area contributed by atoms with Gasteiger partial charge in [0.15, 0.2) is 5.43 Å². The molecule has 0 unspecified atom stereocenters. The van der Waals surface area contributed by atoms with Gasteiger partial charge < -0.3 is 20.9 Å². The van der Waals surface area contributed by atoms with Gasteiger partial charge in [0.1, 0.15) is 11.5 Å².